The Kier molecular flexibility index (Phi) is 3.63. The number of alkyl halides is 3. The molecule has 1 aromatic heterocycles. The molecule has 1 aromatic rings. The fourth-order valence-electron chi connectivity index (χ4n) is 1.39. The van der Waals surface area contributed by atoms with Gasteiger partial charge in [0.25, 0.3) is 11.3 Å². The molecule has 0 aliphatic carbocycles. The van der Waals surface area contributed by atoms with Gasteiger partial charge in [-0.1, -0.05) is 6.92 Å². The fourth-order valence-corrected chi connectivity index (χ4v) is 1.39. The van der Waals surface area contributed by atoms with Crippen LogP contribution < -0.4 is 17.0 Å². The molecular formula is C9H10F3N3O3. The van der Waals surface area contributed by atoms with Crippen molar-refractivity contribution in [2.24, 2.45) is 0 Å². The topological polar surface area (TPSA) is 97.9 Å². The summed E-state index contributed by atoms with van der Waals surface area (Å²) < 4.78 is 37.5. The number of carbonyl (C=O) groups excluding carboxylic acids is 1. The number of hydrogen-bond donors (Lipinski definition) is 2. The monoisotopic (exact) mass is 265 g/mol. The minimum atomic E-state index is -5.23. The third kappa shape index (κ3) is 2.44. The molecule has 0 aliphatic rings. The van der Waals surface area contributed by atoms with Crippen molar-refractivity contribution in [2.75, 3.05) is 5.73 Å². The molecule has 0 saturated carbocycles. The molecule has 18 heavy (non-hydrogen) atoms. The fraction of sp³-hybridized carbons (Fsp3) is 0.444. The second kappa shape index (κ2) is 4.67. The zero-order valence-corrected chi connectivity index (χ0v) is 9.30. The van der Waals surface area contributed by atoms with Crippen LogP contribution in [0.5, 0.6) is 0 Å². The van der Waals surface area contributed by atoms with Crippen LogP contribution in [0.3, 0.4) is 0 Å². The van der Waals surface area contributed by atoms with Crippen LogP contribution in [-0.4, -0.2) is 21.5 Å². The van der Waals surface area contributed by atoms with Gasteiger partial charge >= 0.3 is 11.9 Å². The zero-order chi connectivity index (χ0) is 14.1. The maximum absolute atomic E-state index is 12.3. The van der Waals surface area contributed by atoms with Crippen molar-refractivity contribution in [1.82, 2.24) is 9.55 Å². The highest BCUT2D eigenvalue weighted by molar-refractivity contribution is 6.03. The number of nitrogens with one attached hydrogen (secondary N) is 1. The van der Waals surface area contributed by atoms with Gasteiger partial charge < -0.3 is 5.73 Å². The van der Waals surface area contributed by atoms with Crippen LogP contribution in [0.4, 0.5) is 19.0 Å². The Bertz CT molecular complexity index is 585. The molecule has 6 nitrogen and oxygen atoms in total. The van der Waals surface area contributed by atoms with Crippen molar-refractivity contribution >= 4 is 11.6 Å². The molecule has 9 heteroatoms. The maximum Gasteiger partial charge on any atom is 0.455 e. The van der Waals surface area contributed by atoms with Crippen molar-refractivity contribution in [3.8, 4) is 0 Å². The van der Waals surface area contributed by atoms with Gasteiger partial charge in [-0.3, -0.25) is 19.1 Å². The normalized spacial score (nSPS) is 11.6. The molecule has 3 N–H and O–H groups in total. The first-order chi connectivity index (χ1) is 8.20. The Balaban J connectivity index is 3.56. The second-order valence-corrected chi connectivity index (χ2v) is 3.50. The van der Waals surface area contributed by atoms with Gasteiger partial charge in [0.1, 0.15) is 11.4 Å². The van der Waals surface area contributed by atoms with E-state index in [9.17, 15) is 27.6 Å². The predicted octanol–water partition coefficient (Wildman–Crippen LogP) is 0.274. The van der Waals surface area contributed by atoms with E-state index in [0.29, 0.717) is 6.42 Å². The predicted molar refractivity (Wildman–Crippen MR) is 56.4 cm³/mol. The highest BCUT2D eigenvalue weighted by Crippen LogP contribution is 2.21. The summed E-state index contributed by atoms with van der Waals surface area (Å²) in [4.78, 5) is 35.2. The largest absolute Gasteiger partial charge is 0.455 e. The van der Waals surface area contributed by atoms with Crippen molar-refractivity contribution in [1.29, 1.82) is 0 Å². The van der Waals surface area contributed by atoms with Crippen LogP contribution in [0.1, 0.15) is 23.7 Å². The summed E-state index contributed by atoms with van der Waals surface area (Å²) in [5.41, 5.74) is 1.65. The van der Waals surface area contributed by atoms with E-state index in [-0.39, 0.29) is 6.54 Å². The minimum absolute atomic E-state index is 0.000413. The maximum atomic E-state index is 12.3. The van der Waals surface area contributed by atoms with Gasteiger partial charge in [0.2, 0.25) is 0 Å². The molecule has 0 spiro atoms. The number of nitrogens with zero attached hydrogens (tertiary/aromatic N) is 1. The van der Waals surface area contributed by atoms with Crippen LogP contribution in [0, 0.1) is 0 Å². The first-order valence-corrected chi connectivity index (χ1v) is 4.94. The molecular weight excluding hydrogens is 255 g/mol. The van der Waals surface area contributed by atoms with E-state index in [4.69, 9.17) is 5.73 Å². The lowest BCUT2D eigenvalue weighted by atomic mass is 10.2. The third-order valence-electron chi connectivity index (χ3n) is 2.17. The quantitative estimate of drug-likeness (QED) is 0.766. The van der Waals surface area contributed by atoms with Gasteiger partial charge in [-0.15, -0.1) is 0 Å². The number of halogens is 3. The summed E-state index contributed by atoms with van der Waals surface area (Å²) in [5.74, 6) is -3.14. The van der Waals surface area contributed by atoms with Gasteiger partial charge in [-0.25, -0.2) is 4.79 Å². The van der Waals surface area contributed by atoms with Crippen LogP contribution >= 0.6 is 0 Å². The van der Waals surface area contributed by atoms with Crippen LogP contribution in [0.25, 0.3) is 0 Å². The lowest BCUT2D eigenvalue weighted by molar-refractivity contribution is -0.0886. The molecule has 0 unspecified atom stereocenters. The molecule has 1 rings (SSSR count). The molecule has 0 aromatic carbocycles. The molecule has 100 valence electrons. The van der Waals surface area contributed by atoms with E-state index in [1.165, 1.54) is 0 Å². The standard InChI is InChI=1S/C9H10F3N3O3/c1-2-3-15-6(13)4(5(16)9(10,11)12)7(17)14-8(15)18/h2-3,13H2,1H3,(H,14,17,18). The Morgan fingerprint density at radius 2 is 1.94 bits per heavy atom. The molecule has 0 bridgehead atoms. The average molecular weight is 265 g/mol. The number of H-pyrrole nitrogens is 1. The molecule has 0 amide bonds. The first-order valence-electron chi connectivity index (χ1n) is 4.94. The number of hydrogen-bond acceptors (Lipinski definition) is 4. The summed E-state index contributed by atoms with van der Waals surface area (Å²) in [7, 11) is 0. The SMILES string of the molecule is CCCn1c(N)c(C(=O)C(F)(F)F)c(=O)[nH]c1=O. The zero-order valence-electron chi connectivity index (χ0n) is 9.30. The van der Waals surface area contributed by atoms with Crippen LogP contribution in [0.15, 0.2) is 9.59 Å². The van der Waals surface area contributed by atoms with E-state index in [2.05, 4.69) is 0 Å². The average Bonchev–Trinajstić information content (AvgIpc) is 2.22. The van der Waals surface area contributed by atoms with E-state index in [1.54, 1.807) is 11.9 Å². The highest BCUT2D eigenvalue weighted by Gasteiger charge is 2.42. The van der Waals surface area contributed by atoms with E-state index < -0.39 is 34.6 Å². The van der Waals surface area contributed by atoms with Crippen molar-refractivity contribution < 1.29 is 18.0 Å². The lowest BCUT2D eigenvalue weighted by Gasteiger charge is -2.12. The van der Waals surface area contributed by atoms with Crippen LogP contribution in [0.2, 0.25) is 0 Å². The minimum Gasteiger partial charge on any atom is -0.384 e. The summed E-state index contributed by atoms with van der Waals surface area (Å²) in [6, 6.07) is 0. The van der Waals surface area contributed by atoms with E-state index in [1.807, 2.05) is 0 Å². The number of anilines is 1. The molecule has 0 saturated heterocycles. The Morgan fingerprint density at radius 3 is 2.39 bits per heavy atom. The van der Waals surface area contributed by atoms with Gasteiger partial charge in [0, 0.05) is 6.54 Å². The van der Waals surface area contributed by atoms with Gasteiger partial charge in [0.05, 0.1) is 0 Å². The number of Topliss-reactive ketones (excluding diaryl/α,β-unsaturated/α-hetero) is 1. The van der Waals surface area contributed by atoms with Crippen molar-refractivity contribution in [2.45, 2.75) is 26.1 Å². The van der Waals surface area contributed by atoms with Gasteiger partial charge in [-0.2, -0.15) is 13.2 Å². The molecule has 1 heterocycles. The summed E-state index contributed by atoms with van der Waals surface area (Å²) >= 11 is 0. The third-order valence-corrected chi connectivity index (χ3v) is 2.17. The first kappa shape index (κ1) is 14.0. The Morgan fingerprint density at radius 1 is 1.39 bits per heavy atom. The number of rotatable bonds is 3. The summed E-state index contributed by atoms with van der Waals surface area (Å²) in [6.07, 6.45) is -4.83. The van der Waals surface area contributed by atoms with Gasteiger partial charge in [-0.05, 0) is 6.42 Å². The molecule has 0 atom stereocenters. The number of ketones is 1. The van der Waals surface area contributed by atoms with Crippen LogP contribution in [-0.2, 0) is 6.54 Å². The number of carbonyl (C=O) groups is 1. The van der Waals surface area contributed by atoms with E-state index in [0.717, 1.165) is 4.57 Å². The number of aromatic nitrogens is 2. The van der Waals surface area contributed by atoms with Crippen molar-refractivity contribution in [3.05, 3.63) is 26.4 Å². The molecule has 0 fully saturated rings. The highest BCUT2D eigenvalue weighted by atomic mass is 19.4. The smallest absolute Gasteiger partial charge is 0.384 e. The summed E-state index contributed by atoms with van der Waals surface area (Å²) in [6.45, 7) is 1.65. The van der Waals surface area contributed by atoms with Crippen molar-refractivity contribution in [3.63, 3.8) is 0 Å². The number of aromatic amines is 1. The summed E-state index contributed by atoms with van der Waals surface area (Å²) in [5, 5.41) is 0. The van der Waals surface area contributed by atoms with E-state index >= 15 is 0 Å². The van der Waals surface area contributed by atoms with Gasteiger partial charge in [0.15, 0.2) is 0 Å². The molecule has 0 aliphatic heterocycles. The number of nitrogen functional groups attached to an aromatic ring is 1. The molecule has 0 radical (unpaired) electrons. The Hall–Kier alpha value is -2.06. The second-order valence-electron chi connectivity index (χ2n) is 3.50. The Labute approximate surface area is 98.2 Å². The lowest BCUT2D eigenvalue weighted by Crippen LogP contribution is -2.39. The number of nitrogens with two attached hydrogens (primary N) is 1.